The van der Waals surface area contributed by atoms with Crippen LogP contribution in [0.1, 0.15) is 48.6 Å². The molecule has 0 aliphatic carbocycles. The minimum atomic E-state index is -0.933. The highest BCUT2D eigenvalue weighted by Gasteiger charge is 2.48. The maximum atomic E-state index is 13.6. The lowest BCUT2D eigenvalue weighted by Gasteiger charge is -2.23. The number of ether oxygens (including phenoxy) is 1. The zero-order valence-electron chi connectivity index (χ0n) is 23.4. The summed E-state index contributed by atoms with van der Waals surface area (Å²) in [6, 6.07) is 21.0. The molecule has 1 aliphatic heterocycles. The first-order valence-corrected chi connectivity index (χ1v) is 15.7. The Balaban J connectivity index is 1.52. The molecular formula is C32H30ClN3O4S2. The molecule has 0 spiro atoms. The van der Waals surface area contributed by atoms with Crippen molar-refractivity contribution in [1.29, 1.82) is 0 Å². The topological polar surface area (TPSA) is 92.6 Å². The van der Waals surface area contributed by atoms with Gasteiger partial charge in [-0.05, 0) is 66.8 Å². The van der Waals surface area contributed by atoms with Crippen molar-refractivity contribution in [2.24, 2.45) is 5.92 Å². The Morgan fingerprint density at radius 2 is 1.81 bits per heavy atom. The van der Waals surface area contributed by atoms with Crippen molar-refractivity contribution in [2.75, 3.05) is 11.5 Å². The smallest absolute Gasteiger partial charge is 0.301 e. The van der Waals surface area contributed by atoms with Crippen molar-refractivity contribution in [3.8, 4) is 5.75 Å². The maximum absolute atomic E-state index is 13.6. The number of hydrogen-bond donors (Lipinski definition) is 1. The number of ketones is 1. The highest BCUT2D eigenvalue weighted by atomic mass is 35.5. The summed E-state index contributed by atoms with van der Waals surface area (Å²) in [7, 11) is 0. The van der Waals surface area contributed by atoms with Gasteiger partial charge in [0, 0.05) is 16.3 Å². The highest BCUT2D eigenvalue weighted by molar-refractivity contribution is 8.00. The largest absolute Gasteiger partial charge is 0.507 e. The molecule has 1 saturated heterocycles. The minimum absolute atomic E-state index is 0.0364. The molecule has 1 unspecified atom stereocenters. The summed E-state index contributed by atoms with van der Waals surface area (Å²) in [5.74, 6) is -0.103. The van der Waals surface area contributed by atoms with Gasteiger partial charge in [-0.2, -0.15) is 0 Å². The van der Waals surface area contributed by atoms with Gasteiger partial charge < -0.3 is 9.84 Å². The Kier molecular flexibility index (Phi) is 9.30. The number of carbonyl (C=O) groups excluding carboxylic acids is 2. The third-order valence-electron chi connectivity index (χ3n) is 6.78. The molecule has 216 valence electrons. The lowest BCUT2D eigenvalue weighted by atomic mass is 9.95. The molecule has 3 aromatic carbocycles. The predicted molar refractivity (Wildman–Crippen MR) is 168 cm³/mol. The molecule has 5 rings (SSSR count). The first-order chi connectivity index (χ1) is 20.2. The van der Waals surface area contributed by atoms with Gasteiger partial charge in [0.15, 0.2) is 4.34 Å². The number of aliphatic hydroxyl groups excluding tert-OH is 1. The number of benzene rings is 3. The molecule has 1 fully saturated rings. The highest BCUT2D eigenvalue weighted by Crippen LogP contribution is 2.44. The van der Waals surface area contributed by atoms with Crippen molar-refractivity contribution < 1.29 is 19.4 Å². The molecular weight excluding hydrogens is 590 g/mol. The van der Waals surface area contributed by atoms with E-state index in [0.717, 1.165) is 12.0 Å². The van der Waals surface area contributed by atoms with Crippen LogP contribution in [0.15, 0.2) is 82.7 Å². The Morgan fingerprint density at radius 3 is 2.52 bits per heavy atom. The molecule has 10 heteroatoms. The van der Waals surface area contributed by atoms with E-state index >= 15 is 0 Å². The first kappa shape index (κ1) is 29.8. The summed E-state index contributed by atoms with van der Waals surface area (Å²) in [4.78, 5) is 28.4. The summed E-state index contributed by atoms with van der Waals surface area (Å²) in [5, 5.41) is 20.7. The number of thioether (sulfide) groups is 1. The van der Waals surface area contributed by atoms with Crippen LogP contribution >= 0.6 is 34.7 Å². The molecule has 0 radical (unpaired) electrons. The number of aromatic nitrogens is 2. The van der Waals surface area contributed by atoms with Crippen LogP contribution in [0.4, 0.5) is 5.13 Å². The summed E-state index contributed by atoms with van der Waals surface area (Å²) in [5.41, 5.74) is 3.27. The standard InChI is InChI=1S/C32H30ClN3O4S2/c1-19(2)15-16-40-25-6-4-5-23(17-25)27-26(28(37)22-11-13-24(33)14-12-22)29(38)30(39)36(27)31-34-35-32(42-31)41-18-21-9-7-20(3)8-10-21/h4-14,17,19,27,37H,15-16,18H2,1-3H3/b28-26+. The number of aryl methyl sites for hydroxylation is 1. The van der Waals surface area contributed by atoms with E-state index in [0.29, 0.717) is 44.5 Å². The van der Waals surface area contributed by atoms with Crippen molar-refractivity contribution in [1.82, 2.24) is 10.2 Å². The number of amides is 1. The van der Waals surface area contributed by atoms with Gasteiger partial charge in [0.2, 0.25) is 5.13 Å². The first-order valence-electron chi connectivity index (χ1n) is 13.5. The Morgan fingerprint density at radius 1 is 1.07 bits per heavy atom. The van der Waals surface area contributed by atoms with E-state index in [1.165, 1.54) is 33.6 Å². The fourth-order valence-electron chi connectivity index (χ4n) is 4.48. The van der Waals surface area contributed by atoms with Crippen molar-refractivity contribution >= 4 is 57.3 Å². The van der Waals surface area contributed by atoms with Gasteiger partial charge in [0.25, 0.3) is 5.78 Å². The van der Waals surface area contributed by atoms with Crippen LogP contribution in [0.5, 0.6) is 5.75 Å². The lowest BCUT2D eigenvalue weighted by Crippen LogP contribution is -2.29. The SMILES string of the molecule is Cc1ccc(CSc2nnc(N3C(=O)C(=O)/C(=C(/O)c4ccc(Cl)cc4)C3c3cccc(OCCC(C)C)c3)s2)cc1. The Labute approximate surface area is 258 Å². The Hall–Kier alpha value is -3.66. The zero-order chi connectivity index (χ0) is 29.8. The summed E-state index contributed by atoms with van der Waals surface area (Å²) < 4.78 is 6.64. The molecule has 0 bridgehead atoms. The molecule has 1 amide bonds. The number of Topliss-reactive ketones (excluding diaryl/α,β-unsaturated/α-hetero) is 1. The fraction of sp³-hybridized carbons (Fsp3) is 0.250. The van der Waals surface area contributed by atoms with Crippen molar-refractivity contribution in [3.63, 3.8) is 0 Å². The zero-order valence-corrected chi connectivity index (χ0v) is 25.8. The molecule has 4 aromatic rings. The third-order valence-corrected chi connectivity index (χ3v) is 9.16. The second kappa shape index (κ2) is 13.1. The number of anilines is 1. The second-order valence-corrected chi connectivity index (χ2v) is 13.0. The van der Waals surface area contributed by atoms with Gasteiger partial charge in [-0.25, -0.2) is 0 Å². The maximum Gasteiger partial charge on any atom is 0.301 e. The van der Waals surface area contributed by atoms with E-state index in [4.69, 9.17) is 16.3 Å². The van der Waals surface area contributed by atoms with E-state index in [1.807, 2.05) is 25.1 Å². The van der Waals surface area contributed by atoms with Crippen LogP contribution < -0.4 is 9.64 Å². The van der Waals surface area contributed by atoms with E-state index in [-0.39, 0.29) is 16.5 Å². The van der Waals surface area contributed by atoms with Crippen molar-refractivity contribution in [2.45, 2.75) is 43.3 Å². The molecule has 1 atom stereocenters. The van der Waals surface area contributed by atoms with Gasteiger partial charge in [0.1, 0.15) is 11.5 Å². The predicted octanol–water partition coefficient (Wildman–Crippen LogP) is 7.84. The van der Waals surface area contributed by atoms with E-state index < -0.39 is 17.7 Å². The van der Waals surface area contributed by atoms with Gasteiger partial charge in [-0.1, -0.05) is 90.5 Å². The number of carbonyl (C=O) groups is 2. The van der Waals surface area contributed by atoms with Gasteiger partial charge in [-0.3, -0.25) is 14.5 Å². The molecule has 1 aliphatic rings. The van der Waals surface area contributed by atoms with Gasteiger partial charge in [0.05, 0.1) is 18.2 Å². The number of hydrogen-bond acceptors (Lipinski definition) is 8. The van der Waals surface area contributed by atoms with Crippen LogP contribution in [0.3, 0.4) is 0 Å². The lowest BCUT2D eigenvalue weighted by molar-refractivity contribution is -0.132. The Bertz CT molecular complexity index is 1620. The molecule has 1 aromatic heterocycles. The summed E-state index contributed by atoms with van der Waals surface area (Å²) >= 11 is 8.79. The molecule has 42 heavy (non-hydrogen) atoms. The van der Waals surface area contributed by atoms with Crippen LogP contribution in [0.25, 0.3) is 5.76 Å². The van der Waals surface area contributed by atoms with E-state index in [2.05, 4.69) is 48.3 Å². The number of nitrogens with zero attached hydrogens (tertiary/aromatic N) is 3. The second-order valence-electron chi connectivity index (χ2n) is 10.4. The number of rotatable bonds is 10. The quantitative estimate of drug-likeness (QED) is 0.0635. The normalized spacial score (nSPS) is 16.4. The molecule has 1 N–H and O–H groups in total. The van der Waals surface area contributed by atoms with Crippen LogP contribution in [-0.4, -0.2) is 33.6 Å². The van der Waals surface area contributed by atoms with Gasteiger partial charge >= 0.3 is 5.91 Å². The average Bonchev–Trinajstić information content (AvgIpc) is 3.54. The van der Waals surface area contributed by atoms with E-state index in [1.54, 1.807) is 30.3 Å². The van der Waals surface area contributed by atoms with Crippen LogP contribution in [0.2, 0.25) is 5.02 Å². The van der Waals surface area contributed by atoms with Crippen LogP contribution in [0, 0.1) is 12.8 Å². The van der Waals surface area contributed by atoms with Crippen molar-refractivity contribution in [3.05, 3.63) is 106 Å². The van der Waals surface area contributed by atoms with Crippen LogP contribution in [-0.2, 0) is 15.3 Å². The molecule has 2 heterocycles. The number of halogens is 1. The summed E-state index contributed by atoms with van der Waals surface area (Å²) in [6.07, 6.45) is 0.882. The van der Waals surface area contributed by atoms with E-state index in [9.17, 15) is 14.7 Å². The average molecular weight is 620 g/mol. The summed E-state index contributed by atoms with van der Waals surface area (Å²) in [6.45, 7) is 6.82. The fourth-order valence-corrected chi connectivity index (χ4v) is 6.43. The monoisotopic (exact) mass is 619 g/mol. The number of aliphatic hydroxyl groups is 1. The molecule has 0 saturated carbocycles. The van der Waals surface area contributed by atoms with Gasteiger partial charge in [-0.15, -0.1) is 10.2 Å². The molecule has 7 nitrogen and oxygen atoms in total. The third kappa shape index (κ3) is 6.69. The minimum Gasteiger partial charge on any atom is -0.507 e.